The first-order valence-corrected chi connectivity index (χ1v) is 8.62. The summed E-state index contributed by atoms with van der Waals surface area (Å²) in [5, 5.41) is 3.47. The Hall–Kier alpha value is -1.80. The van der Waals surface area contributed by atoms with Crippen LogP contribution < -0.4 is 5.32 Å². The number of H-pyrrole nitrogens is 1. The Kier molecular flexibility index (Phi) is 4.80. The number of halogens is 1. The third kappa shape index (κ3) is 3.74. The molecule has 2 N–H and O–H groups in total. The van der Waals surface area contributed by atoms with Crippen molar-refractivity contribution in [3.8, 4) is 0 Å². The number of imidazole rings is 1. The first-order chi connectivity index (χ1) is 12.2. The van der Waals surface area contributed by atoms with Gasteiger partial charge in [-0.05, 0) is 17.7 Å². The number of rotatable bonds is 5. The Morgan fingerprint density at radius 2 is 2.08 bits per heavy atom. The fraction of sp³-hybridized carbons (Fsp3) is 0.500. The highest BCUT2D eigenvalue weighted by Crippen LogP contribution is 2.33. The van der Waals surface area contributed by atoms with Gasteiger partial charge in [-0.2, -0.15) is 0 Å². The predicted octanol–water partition coefficient (Wildman–Crippen LogP) is 2.15. The number of aromatic nitrogens is 2. The molecule has 0 amide bonds. The zero-order valence-corrected chi connectivity index (χ0v) is 13.9. The number of ether oxygens (including phenoxy) is 3. The van der Waals surface area contributed by atoms with Crippen LogP contribution in [0.4, 0.5) is 4.39 Å². The molecule has 1 aromatic heterocycles. The summed E-state index contributed by atoms with van der Waals surface area (Å²) in [5.41, 5.74) is 0.941. The lowest BCUT2D eigenvalue weighted by molar-refractivity contribution is -0.210. The minimum Gasteiger partial charge on any atom is -0.381 e. The molecule has 0 radical (unpaired) electrons. The molecule has 0 bridgehead atoms. The zero-order chi connectivity index (χ0) is 17.1. The molecule has 0 aliphatic carbocycles. The summed E-state index contributed by atoms with van der Waals surface area (Å²) in [6.45, 7) is 2.52. The van der Waals surface area contributed by atoms with Crippen molar-refractivity contribution in [1.82, 2.24) is 15.3 Å². The molecule has 2 atom stereocenters. The number of hydrogen-bond donors (Lipinski definition) is 2. The second-order valence-corrected chi connectivity index (χ2v) is 6.44. The smallest absolute Gasteiger partial charge is 0.173 e. The number of hydrogen-bond acceptors (Lipinski definition) is 5. The molecule has 25 heavy (non-hydrogen) atoms. The van der Waals surface area contributed by atoms with Crippen molar-refractivity contribution in [1.29, 1.82) is 0 Å². The lowest BCUT2D eigenvalue weighted by atomic mass is 10.1. The first kappa shape index (κ1) is 16.7. The Balaban J connectivity index is 1.42. The van der Waals surface area contributed by atoms with Gasteiger partial charge in [0.05, 0.1) is 32.0 Å². The van der Waals surface area contributed by atoms with Gasteiger partial charge in [-0.3, -0.25) is 0 Å². The molecule has 4 rings (SSSR count). The Labute approximate surface area is 145 Å². The van der Waals surface area contributed by atoms with Gasteiger partial charge in [0, 0.05) is 31.8 Å². The van der Waals surface area contributed by atoms with Gasteiger partial charge in [-0.25, -0.2) is 9.37 Å². The van der Waals surface area contributed by atoms with Gasteiger partial charge >= 0.3 is 0 Å². The summed E-state index contributed by atoms with van der Waals surface area (Å²) in [6.07, 6.45) is 4.99. The van der Waals surface area contributed by atoms with E-state index in [9.17, 15) is 4.39 Å². The summed E-state index contributed by atoms with van der Waals surface area (Å²) in [7, 11) is 0. The van der Waals surface area contributed by atoms with E-state index in [1.807, 2.05) is 0 Å². The average molecular weight is 347 g/mol. The van der Waals surface area contributed by atoms with Gasteiger partial charge in [0.1, 0.15) is 11.6 Å². The molecule has 2 aromatic rings. The van der Waals surface area contributed by atoms with Gasteiger partial charge in [-0.1, -0.05) is 12.1 Å². The molecule has 0 saturated carbocycles. The molecule has 7 heteroatoms. The van der Waals surface area contributed by atoms with Gasteiger partial charge in [0.2, 0.25) is 0 Å². The Morgan fingerprint density at radius 1 is 1.28 bits per heavy atom. The van der Waals surface area contributed by atoms with Crippen molar-refractivity contribution in [2.45, 2.75) is 30.8 Å². The van der Waals surface area contributed by atoms with E-state index in [-0.39, 0.29) is 18.0 Å². The largest absolute Gasteiger partial charge is 0.381 e. The van der Waals surface area contributed by atoms with Gasteiger partial charge in [0.25, 0.3) is 0 Å². The van der Waals surface area contributed by atoms with Crippen molar-refractivity contribution < 1.29 is 18.6 Å². The summed E-state index contributed by atoms with van der Waals surface area (Å²) in [5.74, 6) is 0.0444. The monoisotopic (exact) mass is 347 g/mol. The minimum atomic E-state index is -0.485. The number of nitrogens with zero attached hydrogens (tertiary/aromatic N) is 1. The highest BCUT2D eigenvalue weighted by atomic mass is 19.1. The topological polar surface area (TPSA) is 68.4 Å². The van der Waals surface area contributed by atoms with Crippen LogP contribution in [0.3, 0.4) is 0 Å². The number of aromatic amines is 1. The van der Waals surface area contributed by atoms with Crippen LogP contribution >= 0.6 is 0 Å². The van der Waals surface area contributed by atoms with Crippen LogP contribution in [0.15, 0.2) is 36.7 Å². The molecular formula is C18H22FN3O3. The van der Waals surface area contributed by atoms with Crippen LogP contribution in [0.5, 0.6) is 0 Å². The average Bonchev–Trinajstić information content (AvgIpc) is 3.29. The van der Waals surface area contributed by atoms with E-state index in [1.54, 1.807) is 24.5 Å². The molecule has 1 spiro atoms. The summed E-state index contributed by atoms with van der Waals surface area (Å²) < 4.78 is 30.7. The van der Waals surface area contributed by atoms with E-state index in [0.717, 1.165) is 24.2 Å². The molecule has 134 valence electrons. The summed E-state index contributed by atoms with van der Waals surface area (Å²) in [6, 6.07) is 6.28. The first-order valence-electron chi connectivity index (χ1n) is 8.62. The third-order valence-corrected chi connectivity index (χ3v) is 4.71. The third-order valence-electron chi connectivity index (χ3n) is 4.71. The molecule has 6 nitrogen and oxygen atoms in total. The van der Waals surface area contributed by atoms with E-state index in [4.69, 9.17) is 14.2 Å². The van der Waals surface area contributed by atoms with Crippen molar-refractivity contribution >= 4 is 0 Å². The summed E-state index contributed by atoms with van der Waals surface area (Å²) in [4.78, 5) is 7.47. The second-order valence-electron chi connectivity index (χ2n) is 6.44. The van der Waals surface area contributed by atoms with E-state index in [2.05, 4.69) is 15.3 Å². The maximum atomic E-state index is 13.2. The van der Waals surface area contributed by atoms with Crippen LogP contribution in [0.25, 0.3) is 0 Å². The van der Waals surface area contributed by atoms with Gasteiger partial charge in [-0.15, -0.1) is 0 Å². The standard InChI is InChI=1S/C18H22FN3O3/c19-14-3-1-13(2-4-14)16(17-20-7-8-21-17)22-11-15-12-24-18(25-15)5-9-23-10-6-18/h1-4,7-8,15-16,22H,5-6,9-12H2,(H,20,21). The van der Waals surface area contributed by atoms with E-state index in [1.165, 1.54) is 12.1 Å². The predicted molar refractivity (Wildman–Crippen MR) is 88.4 cm³/mol. The van der Waals surface area contributed by atoms with Crippen molar-refractivity contribution in [3.05, 3.63) is 53.9 Å². The van der Waals surface area contributed by atoms with Gasteiger partial charge in [0.15, 0.2) is 5.79 Å². The molecule has 2 fully saturated rings. The molecule has 2 unspecified atom stereocenters. The zero-order valence-electron chi connectivity index (χ0n) is 13.9. The van der Waals surface area contributed by atoms with Crippen LogP contribution in [0, 0.1) is 5.82 Å². The SMILES string of the molecule is Fc1ccc(C(NCC2COC3(CCOCC3)O2)c2ncc[nH]2)cc1. The van der Waals surface area contributed by atoms with Crippen LogP contribution in [0.2, 0.25) is 0 Å². The minimum absolute atomic E-state index is 0.0315. The number of benzene rings is 1. The fourth-order valence-electron chi connectivity index (χ4n) is 3.37. The molecule has 2 aliphatic rings. The maximum absolute atomic E-state index is 13.2. The molecule has 3 heterocycles. The second kappa shape index (κ2) is 7.21. The highest BCUT2D eigenvalue weighted by Gasteiger charge is 2.42. The highest BCUT2D eigenvalue weighted by molar-refractivity contribution is 5.25. The van der Waals surface area contributed by atoms with E-state index < -0.39 is 5.79 Å². The molecule has 1 aromatic carbocycles. The normalized spacial score (nSPS) is 23.8. The number of nitrogens with one attached hydrogen (secondary N) is 2. The quantitative estimate of drug-likeness (QED) is 0.867. The maximum Gasteiger partial charge on any atom is 0.173 e. The molecule has 2 aliphatic heterocycles. The summed E-state index contributed by atoms with van der Waals surface area (Å²) >= 11 is 0. The van der Waals surface area contributed by atoms with E-state index in [0.29, 0.717) is 26.4 Å². The fourth-order valence-corrected chi connectivity index (χ4v) is 3.37. The molecular weight excluding hydrogens is 325 g/mol. The van der Waals surface area contributed by atoms with Crippen molar-refractivity contribution in [2.75, 3.05) is 26.4 Å². The van der Waals surface area contributed by atoms with Crippen LogP contribution in [0.1, 0.15) is 30.3 Å². The van der Waals surface area contributed by atoms with Crippen molar-refractivity contribution in [2.24, 2.45) is 0 Å². The van der Waals surface area contributed by atoms with Gasteiger partial charge < -0.3 is 24.5 Å². The lowest BCUT2D eigenvalue weighted by Crippen LogP contribution is -2.39. The van der Waals surface area contributed by atoms with E-state index >= 15 is 0 Å². The van der Waals surface area contributed by atoms with Crippen LogP contribution in [-0.2, 0) is 14.2 Å². The molecule has 2 saturated heterocycles. The van der Waals surface area contributed by atoms with Crippen LogP contribution in [-0.4, -0.2) is 48.2 Å². The van der Waals surface area contributed by atoms with Crippen molar-refractivity contribution in [3.63, 3.8) is 0 Å². The lowest BCUT2D eigenvalue weighted by Gasteiger charge is -2.31. The Morgan fingerprint density at radius 3 is 2.80 bits per heavy atom. The Bertz CT molecular complexity index is 671.